The maximum Gasteiger partial charge on any atom is 0.247 e. The molecule has 1 aromatic carbocycles. The molecule has 2 aromatic rings. The van der Waals surface area contributed by atoms with Crippen LogP contribution in [0.1, 0.15) is 78.8 Å². The van der Waals surface area contributed by atoms with E-state index in [-0.39, 0.29) is 5.91 Å². The topological polar surface area (TPSA) is 46.9 Å². The molecule has 1 N–H and O–H groups in total. The van der Waals surface area contributed by atoms with E-state index < -0.39 is 0 Å². The highest BCUT2D eigenvalue weighted by atomic mass is 16.2. The molecule has 1 aromatic heterocycles. The Morgan fingerprint density at radius 1 is 1.25 bits per heavy atom. The molecule has 0 bridgehead atoms. The van der Waals surface area contributed by atoms with Crippen molar-refractivity contribution in [2.75, 3.05) is 6.54 Å². The fourth-order valence-electron chi connectivity index (χ4n) is 5.02. The van der Waals surface area contributed by atoms with Gasteiger partial charge in [0, 0.05) is 18.5 Å². The predicted octanol–water partition coefficient (Wildman–Crippen LogP) is 4.65. The Hall–Kier alpha value is -1.94. The second-order valence-electron chi connectivity index (χ2n) is 9.21. The van der Waals surface area contributed by atoms with Crippen LogP contribution < -0.4 is 5.32 Å². The smallest absolute Gasteiger partial charge is 0.247 e. The van der Waals surface area contributed by atoms with Gasteiger partial charge in [-0.2, -0.15) is 5.10 Å². The molecule has 4 rings (SSSR count). The molecule has 1 fully saturated rings. The van der Waals surface area contributed by atoms with E-state index in [0.29, 0.717) is 23.7 Å². The summed E-state index contributed by atoms with van der Waals surface area (Å²) in [6.07, 6.45) is 4.74. The summed E-state index contributed by atoms with van der Waals surface area (Å²) in [6, 6.07) is 8.65. The van der Waals surface area contributed by atoms with Crippen molar-refractivity contribution in [3.05, 3.63) is 52.3 Å². The molecule has 0 saturated heterocycles. The van der Waals surface area contributed by atoms with Gasteiger partial charge in [0.15, 0.2) is 0 Å². The number of carbonyl (C=O) groups excluding carboxylic acids is 1. The van der Waals surface area contributed by atoms with E-state index in [4.69, 9.17) is 0 Å². The minimum absolute atomic E-state index is 0.133. The largest absolute Gasteiger partial charge is 0.313 e. The highest BCUT2D eigenvalue weighted by Crippen LogP contribution is 2.70. The Morgan fingerprint density at radius 3 is 2.68 bits per heavy atom. The highest BCUT2D eigenvalue weighted by Gasteiger charge is 2.64. The van der Waals surface area contributed by atoms with Crippen molar-refractivity contribution in [3.8, 4) is 0 Å². The summed E-state index contributed by atoms with van der Waals surface area (Å²) in [5, 5.41) is 8.08. The quantitative estimate of drug-likeness (QED) is 0.679. The Kier molecular flexibility index (Phi) is 5.17. The third-order valence-corrected chi connectivity index (χ3v) is 6.90. The first-order valence-corrected chi connectivity index (χ1v) is 10.8. The molecule has 0 spiro atoms. The summed E-state index contributed by atoms with van der Waals surface area (Å²) in [5.74, 6) is 1.45. The summed E-state index contributed by atoms with van der Waals surface area (Å²) in [5.41, 5.74) is 6.51. The lowest BCUT2D eigenvalue weighted by atomic mass is 9.98. The third-order valence-electron chi connectivity index (χ3n) is 6.90. The van der Waals surface area contributed by atoms with Gasteiger partial charge < -0.3 is 5.32 Å². The molecular weight excluding hydrogens is 346 g/mol. The van der Waals surface area contributed by atoms with Gasteiger partial charge in [0.1, 0.15) is 0 Å². The van der Waals surface area contributed by atoms with Crippen LogP contribution in [-0.2, 0) is 19.4 Å². The van der Waals surface area contributed by atoms with Crippen LogP contribution in [0.15, 0.2) is 24.3 Å². The number of hydrogen-bond donors (Lipinski definition) is 1. The molecule has 1 saturated carbocycles. The summed E-state index contributed by atoms with van der Waals surface area (Å²) < 4.78 is 1.72. The molecule has 0 radical (unpaired) electrons. The first-order valence-electron chi connectivity index (χ1n) is 10.8. The predicted molar refractivity (Wildman–Crippen MR) is 113 cm³/mol. The summed E-state index contributed by atoms with van der Waals surface area (Å²) in [7, 11) is 0. The zero-order valence-electron chi connectivity index (χ0n) is 17.7. The number of unbranched alkanes of at least 4 members (excludes halogenated alkanes) is 1. The fraction of sp³-hybridized carbons (Fsp3) is 0.583. The molecule has 0 aliphatic heterocycles. The SMILES string of the molecule is CCCCNCc1ccc(CCC(=O)n2nc(C)c3c2CC2C3C2(C)C)cc1. The molecule has 4 nitrogen and oxygen atoms in total. The Labute approximate surface area is 168 Å². The lowest BCUT2D eigenvalue weighted by Gasteiger charge is -2.10. The Morgan fingerprint density at radius 2 is 1.96 bits per heavy atom. The van der Waals surface area contributed by atoms with Gasteiger partial charge in [-0.1, -0.05) is 51.5 Å². The first kappa shape index (κ1) is 19.4. The van der Waals surface area contributed by atoms with Crippen LogP contribution >= 0.6 is 0 Å². The van der Waals surface area contributed by atoms with Gasteiger partial charge in [-0.25, -0.2) is 4.68 Å². The van der Waals surface area contributed by atoms with Crippen molar-refractivity contribution in [2.45, 2.75) is 72.3 Å². The van der Waals surface area contributed by atoms with Crippen molar-refractivity contribution in [3.63, 3.8) is 0 Å². The average Bonchev–Trinajstić information content (AvgIpc) is 3.01. The molecule has 28 heavy (non-hydrogen) atoms. The number of fused-ring (bicyclic) bond motifs is 3. The molecule has 2 aliphatic rings. The van der Waals surface area contributed by atoms with E-state index in [1.165, 1.54) is 35.2 Å². The van der Waals surface area contributed by atoms with Gasteiger partial charge in [-0.3, -0.25) is 4.79 Å². The monoisotopic (exact) mass is 379 g/mol. The number of carbonyl (C=O) groups is 1. The van der Waals surface area contributed by atoms with Gasteiger partial charge in [0.05, 0.1) is 11.4 Å². The molecule has 2 aliphatic carbocycles. The Bertz CT molecular complexity index is 863. The maximum absolute atomic E-state index is 12.8. The van der Waals surface area contributed by atoms with E-state index in [1.807, 2.05) is 0 Å². The average molecular weight is 380 g/mol. The third kappa shape index (κ3) is 3.43. The number of nitrogens with one attached hydrogen (secondary N) is 1. The normalized spacial score (nSPS) is 21.4. The molecule has 2 atom stereocenters. The number of aromatic nitrogens is 2. The summed E-state index contributed by atoms with van der Waals surface area (Å²) in [6.45, 7) is 10.9. The van der Waals surface area contributed by atoms with Crippen LogP contribution in [0.25, 0.3) is 0 Å². The van der Waals surface area contributed by atoms with Crippen molar-refractivity contribution in [1.82, 2.24) is 15.1 Å². The minimum Gasteiger partial charge on any atom is -0.313 e. The van der Waals surface area contributed by atoms with Crippen LogP contribution in [-0.4, -0.2) is 22.2 Å². The molecule has 150 valence electrons. The van der Waals surface area contributed by atoms with Crippen LogP contribution in [0.2, 0.25) is 0 Å². The van der Waals surface area contributed by atoms with E-state index in [9.17, 15) is 4.79 Å². The first-order chi connectivity index (χ1) is 13.4. The number of aryl methyl sites for hydroxylation is 2. The van der Waals surface area contributed by atoms with Gasteiger partial charge in [0.2, 0.25) is 5.91 Å². The van der Waals surface area contributed by atoms with Crippen molar-refractivity contribution < 1.29 is 4.79 Å². The van der Waals surface area contributed by atoms with Crippen LogP contribution in [0.4, 0.5) is 0 Å². The number of nitrogens with zero attached hydrogens (tertiary/aromatic N) is 2. The van der Waals surface area contributed by atoms with Crippen molar-refractivity contribution in [1.29, 1.82) is 0 Å². The Balaban J connectivity index is 1.33. The number of hydrogen-bond acceptors (Lipinski definition) is 3. The molecule has 0 amide bonds. The summed E-state index contributed by atoms with van der Waals surface area (Å²) >= 11 is 0. The molecule has 4 heteroatoms. The number of benzene rings is 1. The lowest BCUT2D eigenvalue weighted by Crippen LogP contribution is -2.17. The van der Waals surface area contributed by atoms with Gasteiger partial charge in [0.25, 0.3) is 0 Å². The summed E-state index contributed by atoms with van der Waals surface area (Å²) in [4.78, 5) is 12.8. The lowest BCUT2D eigenvalue weighted by molar-refractivity contribution is 0.0882. The van der Waals surface area contributed by atoms with Crippen LogP contribution in [0.5, 0.6) is 0 Å². The molecular formula is C24H33N3O. The second kappa shape index (κ2) is 7.47. The maximum atomic E-state index is 12.8. The fourth-order valence-corrected chi connectivity index (χ4v) is 5.02. The van der Waals surface area contributed by atoms with Crippen LogP contribution in [0, 0.1) is 18.3 Å². The zero-order chi connectivity index (χ0) is 19.9. The van der Waals surface area contributed by atoms with Gasteiger partial charge in [-0.05, 0) is 61.1 Å². The highest BCUT2D eigenvalue weighted by molar-refractivity contribution is 5.80. The van der Waals surface area contributed by atoms with Gasteiger partial charge in [-0.15, -0.1) is 0 Å². The van der Waals surface area contributed by atoms with E-state index >= 15 is 0 Å². The standard InChI is InChI=1S/C24H33N3O/c1-5-6-13-25-15-18-9-7-17(8-10-18)11-12-21(28)27-20-14-19-23(24(19,3)4)22(20)16(2)26-27/h7-10,19,23,25H,5-6,11-15H2,1-4H3. The van der Waals surface area contributed by atoms with E-state index in [2.05, 4.69) is 62.4 Å². The second-order valence-corrected chi connectivity index (χ2v) is 9.21. The van der Waals surface area contributed by atoms with E-state index in [0.717, 1.165) is 31.6 Å². The van der Waals surface area contributed by atoms with Crippen molar-refractivity contribution >= 4 is 5.91 Å². The van der Waals surface area contributed by atoms with Gasteiger partial charge >= 0.3 is 0 Å². The molecule has 1 heterocycles. The van der Waals surface area contributed by atoms with Crippen LogP contribution in [0.3, 0.4) is 0 Å². The number of rotatable bonds is 8. The van der Waals surface area contributed by atoms with E-state index in [1.54, 1.807) is 4.68 Å². The van der Waals surface area contributed by atoms with Crippen molar-refractivity contribution in [2.24, 2.45) is 11.3 Å². The zero-order valence-corrected chi connectivity index (χ0v) is 17.7. The minimum atomic E-state index is 0.133. The molecule has 2 unspecified atom stereocenters.